The van der Waals surface area contributed by atoms with E-state index in [1.165, 1.54) is 4.90 Å². The van der Waals surface area contributed by atoms with Gasteiger partial charge in [-0.1, -0.05) is 54.1 Å². The molecular weight excluding hydrogens is 498 g/mol. The fraction of sp³-hybridized carbons (Fsp3) is 0.444. The van der Waals surface area contributed by atoms with Crippen LogP contribution in [0.1, 0.15) is 30.9 Å². The van der Waals surface area contributed by atoms with Gasteiger partial charge in [0.1, 0.15) is 6.04 Å². The molecule has 2 aromatic carbocycles. The first-order valence-corrected chi connectivity index (χ1v) is 13.5. The summed E-state index contributed by atoms with van der Waals surface area (Å²) in [7, 11) is 0. The van der Waals surface area contributed by atoms with E-state index >= 15 is 0 Å². The molecule has 0 radical (unpaired) electrons. The van der Waals surface area contributed by atoms with E-state index < -0.39 is 28.7 Å². The van der Waals surface area contributed by atoms with E-state index in [0.717, 1.165) is 17.5 Å². The van der Waals surface area contributed by atoms with Crippen LogP contribution in [-0.2, 0) is 20.9 Å². The average molecular weight is 528 g/mol. The number of anilines is 1. The van der Waals surface area contributed by atoms with E-state index in [0.29, 0.717) is 23.7 Å². The van der Waals surface area contributed by atoms with Gasteiger partial charge in [-0.2, -0.15) is 0 Å². The molecule has 3 aliphatic rings. The van der Waals surface area contributed by atoms with Crippen molar-refractivity contribution >= 4 is 46.8 Å². The number of benzene rings is 2. The highest BCUT2D eigenvalue weighted by atomic mass is 35.5. The Labute approximate surface area is 220 Å². The Morgan fingerprint density at radius 2 is 1.94 bits per heavy atom. The molecule has 190 valence electrons. The van der Waals surface area contributed by atoms with Crippen LogP contribution < -0.4 is 10.6 Å². The Hall–Kier alpha value is -2.55. The van der Waals surface area contributed by atoms with E-state index in [4.69, 9.17) is 11.6 Å². The number of thioether (sulfide) groups is 1. The van der Waals surface area contributed by atoms with Crippen molar-refractivity contribution in [2.75, 3.05) is 11.9 Å². The fourth-order valence-corrected chi connectivity index (χ4v) is 8.61. The van der Waals surface area contributed by atoms with Gasteiger partial charge in [-0.15, -0.1) is 11.8 Å². The van der Waals surface area contributed by atoms with Crippen molar-refractivity contribution in [2.45, 2.75) is 55.3 Å². The lowest BCUT2D eigenvalue weighted by molar-refractivity contribution is -0.141. The summed E-state index contributed by atoms with van der Waals surface area (Å²) in [6.07, 6.45) is 1.42. The molecule has 3 amide bonds. The lowest BCUT2D eigenvalue weighted by Crippen LogP contribution is -2.54. The maximum atomic E-state index is 13.9. The number of amides is 3. The van der Waals surface area contributed by atoms with Gasteiger partial charge >= 0.3 is 0 Å². The standard InChI is InChI=1S/C27H30ClN3O4S/c1-15-7-6-10-18(28)22(15)30-25(34)23-27-12-11-19(36-27)20(21(27)26(35)31(23)16(2)14-32)24(33)29-13-17-8-4-3-5-9-17/h3-10,16,19-21,23,32H,11-14H2,1-2H3,(H,29,33)(H,30,34)/t16-,19-,20+,21+,23?,27?/m1/s1. The summed E-state index contributed by atoms with van der Waals surface area (Å²) in [4.78, 5) is 42.7. The normalized spacial score (nSPS) is 29.2. The third-order valence-electron chi connectivity index (χ3n) is 7.81. The molecule has 5 rings (SSSR count). The second kappa shape index (κ2) is 9.72. The van der Waals surface area contributed by atoms with Crippen molar-refractivity contribution in [3.63, 3.8) is 0 Å². The number of likely N-dealkylation sites (tertiary alicyclic amines) is 1. The van der Waals surface area contributed by atoms with Crippen LogP contribution in [0.4, 0.5) is 5.69 Å². The first-order valence-electron chi connectivity index (χ1n) is 12.3. The smallest absolute Gasteiger partial charge is 0.248 e. The van der Waals surface area contributed by atoms with Crippen LogP contribution in [0.3, 0.4) is 0 Å². The van der Waals surface area contributed by atoms with Crippen molar-refractivity contribution in [3.8, 4) is 0 Å². The third-order valence-corrected chi connectivity index (χ3v) is 10.1. The average Bonchev–Trinajstić information content (AvgIpc) is 3.52. The summed E-state index contributed by atoms with van der Waals surface area (Å²) in [5.41, 5.74) is 2.32. The van der Waals surface area contributed by atoms with Gasteiger partial charge in [-0.05, 0) is 43.9 Å². The summed E-state index contributed by atoms with van der Waals surface area (Å²) in [6.45, 7) is 3.70. The van der Waals surface area contributed by atoms with Gasteiger partial charge in [-0.25, -0.2) is 0 Å². The Kier molecular flexibility index (Phi) is 6.78. The SMILES string of the molecule is Cc1cccc(Cl)c1NC(=O)C1N([C@H](C)CO)C(=O)[C@@H]2[C@@H](C(=O)NCc3ccccc3)[C@H]3CCC12S3. The number of aliphatic hydroxyl groups excluding tert-OH is 1. The molecule has 2 bridgehead atoms. The van der Waals surface area contributed by atoms with Crippen molar-refractivity contribution in [2.24, 2.45) is 11.8 Å². The number of fused-ring (bicyclic) bond motifs is 1. The van der Waals surface area contributed by atoms with E-state index in [1.54, 1.807) is 24.8 Å². The Morgan fingerprint density at radius 1 is 1.19 bits per heavy atom. The molecule has 0 saturated carbocycles. The van der Waals surface area contributed by atoms with E-state index in [9.17, 15) is 19.5 Å². The number of aryl methyl sites for hydroxylation is 1. The highest BCUT2D eigenvalue weighted by Crippen LogP contribution is 2.66. The highest BCUT2D eigenvalue weighted by Gasteiger charge is 2.74. The third kappa shape index (κ3) is 3.99. The molecular formula is C27H30ClN3O4S. The van der Waals surface area contributed by atoms with Crippen molar-refractivity contribution in [1.29, 1.82) is 0 Å². The number of para-hydroxylation sites is 1. The Morgan fingerprint density at radius 3 is 2.64 bits per heavy atom. The van der Waals surface area contributed by atoms with E-state index in [1.807, 2.05) is 49.4 Å². The lowest BCUT2D eigenvalue weighted by Gasteiger charge is -2.36. The number of halogens is 1. The minimum atomic E-state index is -0.810. The second-order valence-corrected chi connectivity index (χ2v) is 12.0. The monoisotopic (exact) mass is 527 g/mol. The highest BCUT2D eigenvalue weighted by molar-refractivity contribution is 8.02. The zero-order valence-electron chi connectivity index (χ0n) is 20.2. The number of nitrogens with one attached hydrogen (secondary N) is 2. The first kappa shape index (κ1) is 25.1. The van der Waals surface area contributed by atoms with E-state index in [-0.39, 0.29) is 29.6 Å². The van der Waals surface area contributed by atoms with Crippen molar-refractivity contribution < 1.29 is 19.5 Å². The zero-order valence-corrected chi connectivity index (χ0v) is 21.8. The van der Waals surface area contributed by atoms with E-state index in [2.05, 4.69) is 10.6 Å². The number of rotatable bonds is 7. The molecule has 1 spiro atoms. The van der Waals surface area contributed by atoms with Crippen molar-refractivity contribution in [1.82, 2.24) is 10.2 Å². The quantitative estimate of drug-likeness (QED) is 0.513. The van der Waals surface area contributed by atoms with Gasteiger partial charge in [0.25, 0.3) is 0 Å². The van der Waals surface area contributed by atoms with Gasteiger partial charge < -0.3 is 20.6 Å². The molecule has 36 heavy (non-hydrogen) atoms. The molecule has 0 aliphatic carbocycles. The largest absolute Gasteiger partial charge is 0.394 e. The summed E-state index contributed by atoms with van der Waals surface area (Å²) in [5, 5.41) is 16.4. The summed E-state index contributed by atoms with van der Waals surface area (Å²) < 4.78 is -0.723. The number of aliphatic hydroxyl groups is 1. The van der Waals surface area contributed by atoms with Gasteiger partial charge in [0, 0.05) is 11.8 Å². The van der Waals surface area contributed by atoms with Crippen LogP contribution in [0.15, 0.2) is 48.5 Å². The van der Waals surface area contributed by atoms with Crippen LogP contribution in [0.5, 0.6) is 0 Å². The predicted molar refractivity (Wildman–Crippen MR) is 141 cm³/mol. The molecule has 9 heteroatoms. The van der Waals surface area contributed by atoms with Gasteiger partial charge in [0.2, 0.25) is 17.7 Å². The Balaban J connectivity index is 1.45. The first-order chi connectivity index (χ1) is 17.3. The van der Waals surface area contributed by atoms with Gasteiger partial charge in [-0.3, -0.25) is 14.4 Å². The van der Waals surface area contributed by atoms with Crippen LogP contribution in [0, 0.1) is 18.8 Å². The zero-order chi connectivity index (χ0) is 25.6. The number of carbonyl (C=O) groups excluding carboxylic acids is 3. The van der Waals surface area contributed by atoms with Crippen molar-refractivity contribution in [3.05, 3.63) is 64.7 Å². The molecule has 3 saturated heterocycles. The maximum absolute atomic E-state index is 13.9. The summed E-state index contributed by atoms with van der Waals surface area (Å²) in [5.74, 6) is -1.86. The topological polar surface area (TPSA) is 98.7 Å². The van der Waals surface area contributed by atoms with Gasteiger partial charge in [0.15, 0.2) is 0 Å². The number of hydrogen-bond acceptors (Lipinski definition) is 5. The minimum Gasteiger partial charge on any atom is -0.394 e. The number of hydrogen-bond donors (Lipinski definition) is 3. The molecule has 7 nitrogen and oxygen atoms in total. The molecule has 3 aliphatic heterocycles. The van der Waals surface area contributed by atoms with Crippen LogP contribution >= 0.6 is 23.4 Å². The molecule has 2 aromatic rings. The molecule has 3 fully saturated rings. The molecule has 6 atom stereocenters. The molecule has 3 heterocycles. The fourth-order valence-electron chi connectivity index (χ4n) is 6.14. The predicted octanol–water partition coefficient (Wildman–Crippen LogP) is 3.38. The van der Waals surface area contributed by atoms with Crippen LogP contribution in [-0.4, -0.2) is 56.4 Å². The summed E-state index contributed by atoms with van der Waals surface area (Å²) in [6, 6.07) is 13.7. The Bertz CT molecular complexity index is 1170. The maximum Gasteiger partial charge on any atom is 0.248 e. The number of carbonyl (C=O) groups is 3. The van der Waals surface area contributed by atoms with Crippen LogP contribution in [0.25, 0.3) is 0 Å². The van der Waals surface area contributed by atoms with Gasteiger partial charge in [0.05, 0.1) is 39.9 Å². The number of nitrogens with zero attached hydrogens (tertiary/aromatic N) is 1. The second-order valence-electron chi connectivity index (χ2n) is 9.96. The summed E-state index contributed by atoms with van der Waals surface area (Å²) >= 11 is 7.98. The van der Waals surface area contributed by atoms with Crippen LogP contribution in [0.2, 0.25) is 5.02 Å². The minimum absolute atomic E-state index is 0.0290. The molecule has 0 aromatic heterocycles. The molecule has 3 N–H and O–H groups in total. The lowest BCUT2D eigenvalue weighted by atomic mass is 9.70. The molecule has 2 unspecified atom stereocenters.